The van der Waals surface area contributed by atoms with Crippen molar-refractivity contribution in [3.8, 4) is 0 Å². The van der Waals surface area contributed by atoms with Crippen LogP contribution >= 0.6 is 0 Å². The first-order valence-electron chi connectivity index (χ1n) is 6.10. The van der Waals surface area contributed by atoms with Gasteiger partial charge in [-0.3, -0.25) is 0 Å². The molecule has 0 radical (unpaired) electrons. The minimum atomic E-state index is 0.561. The van der Waals surface area contributed by atoms with Gasteiger partial charge in [0.25, 0.3) is 0 Å². The van der Waals surface area contributed by atoms with Gasteiger partial charge in [-0.2, -0.15) is 0 Å². The van der Waals surface area contributed by atoms with Crippen LogP contribution in [0.4, 0.5) is 0 Å². The van der Waals surface area contributed by atoms with Crippen LogP contribution in [0.15, 0.2) is 0 Å². The number of hydrogen-bond donors (Lipinski definition) is 1. The van der Waals surface area contributed by atoms with Crippen LogP contribution in [0.2, 0.25) is 0 Å². The van der Waals surface area contributed by atoms with Gasteiger partial charge in [0, 0.05) is 6.04 Å². The fourth-order valence-corrected chi connectivity index (χ4v) is 2.55. The van der Waals surface area contributed by atoms with E-state index >= 15 is 0 Å². The van der Waals surface area contributed by atoms with E-state index in [0.717, 1.165) is 12.0 Å². The van der Waals surface area contributed by atoms with E-state index in [2.05, 4.69) is 12.2 Å². The molecule has 2 aliphatic rings. The van der Waals surface area contributed by atoms with Crippen molar-refractivity contribution < 1.29 is 4.74 Å². The Bertz CT molecular complexity index is 169. The molecule has 0 spiro atoms. The van der Waals surface area contributed by atoms with Gasteiger partial charge >= 0.3 is 0 Å². The molecule has 2 fully saturated rings. The third-order valence-corrected chi connectivity index (χ3v) is 3.85. The Morgan fingerprint density at radius 1 is 1.00 bits per heavy atom. The van der Waals surface area contributed by atoms with Crippen LogP contribution in [0.3, 0.4) is 0 Å². The van der Waals surface area contributed by atoms with Crippen LogP contribution < -0.4 is 5.32 Å². The molecule has 0 unspecified atom stereocenters. The SMILES string of the molecule is CNC1CC(OC2CCC(C)CC2)C1. The highest BCUT2D eigenvalue weighted by Gasteiger charge is 2.31. The Hall–Kier alpha value is -0.0800. The third-order valence-electron chi connectivity index (χ3n) is 3.85. The van der Waals surface area contributed by atoms with E-state index in [9.17, 15) is 0 Å². The Balaban J connectivity index is 1.62. The number of rotatable bonds is 3. The Morgan fingerprint density at radius 3 is 2.21 bits per heavy atom. The second-order valence-corrected chi connectivity index (χ2v) is 5.10. The monoisotopic (exact) mass is 197 g/mol. The minimum absolute atomic E-state index is 0.561. The number of nitrogens with one attached hydrogen (secondary N) is 1. The lowest BCUT2D eigenvalue weighted by Gasteiger charge is -2.38. The van der Waals surface area contributed by atoms with Crippen molar-refractivity contribution in [3.63, 3.8) is 0 Å². The average molecular weight is 197 g/mol. The zero-order valence-electron chi connectivity index (χ0n) is 9.46. The lowest BCUT2D eigenvalue weighted by Crippen LogP contribution is -2.45. The predicted molar refractivity (Wildman–Crippen MR) is 58.4 cm³/mol. The van der Waals surface area contributed by atoms with E-state index in [-0.39, 0.29) is 0 Å². The van der Waals surface area contributed by atoms with Crippen molar-refractivity contribution in [3.05, 3.63) is 0 Å². The smallest absolute Gasteiger partial charge is 0.0608 e. The van der Waals surface area contributed by atoms with E-state index < -0.39 is 0 Å². The van der Waals surface area contributed by atoms with E-state index in [0.29, 0.717) is 12.2 Å². The molecular formula is C12H23NO. The van der Waals surface area contributed by atoms with Crippen LogP contribution in [0.25, 0.3) is 0 Å². The topological polar surface area (TPSA) is 21.3 Å². The molecular weight excluding hydrogens is 174 g/mol. The molecule has 2 saturated carbocycles. The van der Waals surface area contributed by atoms with Crippen LogP contribution in [0.1, 0.15) is 45.4 Å². The summed E-state index contributed by atoms with van der Waals surface area (Å²) in [6.45, 7) is 2.36. The molecule has 0 aromatic carbocycles. The summed E-state index contributed by atoms with van der Waals surface area (Å²) in [5, 5.41) is 3.30. The van der Waals surface area contributed by atoms with E-state index in [1.54, 1.807) is 0 Å². The second-order valence-electron chi connectivity index (χ2n) is 5.10. The first-order valence-corrected chi connectivity index (χ1v) is 6.10. The second kappa shape index (κ2) is 4.63. The van der Waals surface area contributed by atoms with E-state index in [1.807, 2.05) is 7.05 Å². The van der Waals surface area contributed by atoms with Crippen molar-refractivity contribution in [1.82, 2.24) is 5.32 Å². The summed E-state index contributed by atoms with van der Waals surface area (Å²) < 4.78 is 6.07. The zero-order chi connectivity index (χ0) is 9.97. The van der Waals surface area contributed by atoms with Crippen LogP contribution in [0.5, 0.6) is 0 Å². The summed E-state index contributed by atoms with van der Waals surface area (Å²) in [6, 6.07) is 0.725. The normalized spacial score (nSPS) is 43.3. The summed E-state index contributed by atoms with van der Waals surface area (Å²) in [7, 11) is 2.04. The number of ether oxygens (including phenoxy) is 1. The molecule has 2 nitrogen and oxygen atoms in total. The zero-order valence-corrected chi connectivity index (χ0v) is 9.46. The average Bonchev–Trinajstić information content (AvgIpc) is 2.13. The molecule has 0 amide bonds. The molecule has 0 saturated heterocycles. The maximum Gasteiger partial charge on any atom is 0.0608 e. The maximum atomic E-state index is 6.07. The summed E-state index contributed by atoms with van der Waals surface area (Å²) in [5.74, 6) is 0.932. The molecule has 82 valence electrons. The summed E-state index contributed by atoms with van der Waals surface area (Å²) in [4.78, 5) is 0. The van der Waals surface area contributed by atoms with Crippen molar-refractivity contribution in [2.24, 2.45) is 5.92 Å². The van der Waals surface area contributed by atoms with Gasteiger partial charge in [0.15, 0.2) is 0 Å². The van der Waals surface area contributed by atoms with Gasteiger partial charge in [0.1, 0.15) is 0 Å². The van der Waals surface area contributed by atoms with E-state index in [1.165, 1.54) is 38.5 Å². The van der Waals surface area contributed by atoms with Crippen molar-refractivity contribution in [1.29, 1.82) is 0 Å². The molecule has 1 N–H and O–H groups in total. The Morgan fingerprint density at radius 2 is 1.64 bits per heavy atom. The molecule has 2 heteroatoms. The molecule has 14 heavy (non-hydrogen) atoms. The molecule has 2 aliphatic carbocycles. The predicted octanol–water partition coefficient (Wildman–Crippen LogP) is 2.33. The standard InChI is InChI=1S/C12H23NO/c1-9-3-5-11(6-4-9)14-12-7-10(8-12)13-2/h9-13H,3-8H2,1-2H3. The van der Waals surface area contributed by atoms with E-state index in [4.69, 9.17) is 4.74 Å². The van der Waals surface area contributed by atoms with Crippen LogP contribution in [-0.2, 0) is 4.74 Å². The van der Waals surface area contributed by atoms with Gasteiger partial charge in [-0.25, -0.2) is 0 Å². The minimum Gasteiger partial charge on any atom is -0.375 e. The Kier molecular flexibility index (Phi) is 3.45. The van der Waals surface area contributed by atoms with Crippen molar-refractivity contribution >= 4 is 0 Å². The fraction of sp³-hybridized carbons (Fsp3) is 1.00. The van der Waals surface area contributed by atoms with Crippen molar-refractivity contribution in [2.45, 2.75) is 63.7 Å². The quantitative estimate of drug-likeness (QED) is 0.750. The lowest BCUT2D eigenvalue weighted by molar-refractivity contribution is -0.0792. The number of hydrogen-bond acceptors (Lipinski definition) is 2. The van der Waals surface area contributed by atoms with Crippen LogP contribution in [-0.4, -0.2) is 25.3 Å². The highest BCUT2D eigenvalue weighted by Crippen LogP contribution is 2.31. The summed E-state index contributed by atoms with van der Waals surface area (Å²) in [6.07, 6.45) is 8.91. The highest BCUT2D eigenvalue weighted by atomic mass is 16.5. The van der Waals surface area contributed by atoms with Gasteiger partial charge in [-0.05, 0) is 51.5 Å². The van der Waals surface area contributed by atoms with Gasteiger partial charge in [-0.15, -0.1) is 0 Å². The van der Waals surface area contributed by atoms with Gasteiger partial charge < -0.3 is 10.1 Å². The summed E-state index contributed by atoms with van der Waals surface area (Å²) in [5.41, 5.74) is 0. The Labute approximate surface area is 87.4 Å². The van der Waals surface area contributed by atoms with Gasteiger partial charge in [0.05, 0.1) is 12.2 Å². The van der Waals surface area contributed by atoms with Gasteiger partial charge in [0.2, 0.25) is 0 Å². The molecule has 0 atom stereocenters. The molecule has 0 aliphatic heterocycles. The first kappa shape index (κ1) is 10.4. The molecule has 0 bridgehead atoms. The third kappa shape index (κ3) is 2.48. The fourth-order valence-electron chi connectivity index (χ4n) is 2.55. The maximum absolute atomic E-state index is 6.07. The molecule has 0 aromatic rings. The molecule has 0 heterocycles. The largest absolute Gasteiger partial charge is 0.375 e. The van der Waals surface area contributed by atoms with Crippen molar-refractivity contribution in [2.75, 3.05) is 7.05 Å². The molecule has 0 aromatic heterocycles. The molecule has 2 rings (SSSR count). The summed E-state index contributed by atoms with van der Waals surface area (Å²) >= 11 is 0. The first-order chi connectivity index (χ1) is 6.78. The van der Waals surface area contributed by atoms with Crippen LogP contribution in [0, 0.1) is 5.92 Å². The highest BCUT2D eigenvalue weighted by molar-refractivity contribution is 4.86. The lowest BCUT2D eigenvalue weighted by atomic mass is 9.86. The van der Waals surface area contributed by atoms with Gasteiger partial charge in [-0.1, -0.05) is 6.92 Å².